The molecule has 0 radical (unpaired) electrons. The van der Waals surface area contributed by atoms with Gasteiger partial charge < -0.3 is 14.8 Å². The normalized spacial score (nSPS) is 14.4. The van der Waals surface area contributed by atoms with Gasteiger partial charge in [-0.05, 0) is 61.7 Å². The summed E-state index contributed by atoms with van der Waals surface area (Å²) >= 11 is 5.93. The van der Waals surface area contributed by atoms with Crippen LogP contribution in [0.15, 0.2) is 48.5 Å². The fraction of sp³-hybridized carbons (Fsp3) is 0.300. The largest absolute Gasteiger partial charge is 0.482 e. The van der Waals surface area contributed by atoms with Crippen LogP contribution >= 0.6 is 11.6 Å². The maximum Gasteiger partial charge on any atom is 0.344 e. The summed E-state index contributed by atoms with van der Waals surface area (Å²) in [5.74, 6) is 0.0958. The lowest BCUT2D eigenvalue weighted by atomic mass is 9.95. The molecule has 1 amide bonds. The number of amides is 1. The molecule has 0 saturated heterocycles. The average Bonchev–Trinajstić information content (AvgIpc) is 3.44. The lowest BCUT2D eigenvalue weighted by molar-refractivity contribution is -0.145. The summed E-state index contributed by atoms with van der Waals surface area (Å²) in [6.07, 6.45) is 1.64. The Kier molecular flexibility index (Phi) is 5.47. The second-order valence-electron chi connectivity index (χ2n) is 6.16. The molecule has 2 aromatic carbocycles. The van der Waals surface area contributed by atoms with Crippen molar-refractivity contribution >= 4 is 29.2 Å². The summed E-state index contributed by atoms with van der Waals surface area (Å²) in [4.78, 5) is 24.0. The Morgan fingerprint density at radius 1 is 1.08 bits per heavy atom. The van der Waals surface area contributed by atoms with Crippen LogP contribution in [0.2, 0.25) is 5.02 Å². The molecule has 1 aliphatic rings. The zero-order valence-corrected chi connectivity index (χ0v) is 15.2. The molecule has 0 unspecified atom stereocenters. The number of halogens is 1. The number of hydrogen-bond acceptors (Lipinski definition) is 4. The van der Waals surface area contributed by atoms with Gasteiger partial charge in [0, 0.05) is 10.7 Å². The van der Waals surface area contributed by atoms with E-state index < -0.39 is 11.4 Å². The van der Waals surface area contributed by atoms with Crippen LogP contribution < -0.4 is 10.1 Å². The number of nitrogens with one attached hydrogen (secondary N) is 1. The number of benzene rings is 2. The van der Waals surface area contributed by atoms with Crippen LogP contribution in [0, 0.1) is 0 Å². The van der Waals surface area contributed by atoms with Gasteiger partial charge in [-0.3, -0.25) is 4.79 Å². The first-order chi connectivity index (χ1) is 12.5. The van der Waals surface area contributed by atoms with E-state index in [9.17, 15) is 9.59 Å². The maximum absolute atomic E-state index is 12.7. The van der Waals surface area contributed by atoms with E-state index in [1.165, 1.54) is 0 Å². The highest BCUT2D eigenvalue weighted by Crippen LogP contribution is 2.49. The summed E-state index contributed by atoms with van der Waals surface area (Å²) < 4.78 is 10.1. The lowest BCUT2D eigenvalue weighted by Gasteiger charge is -2.16. The summed E-state index contributed by atoms with van der Waals surface area (Å²) in [7, 11) is 0. The van der Waals surface area contributed by atoms with Crippen LogP contribution in [0.25, 0.3) is 0 Å². The van der Waals surface area contributed by atoms with E-state index in [4.69, 9.17) is 21.1 Å². The summed E-state index contributed by atoms with van der Waals surface area (Å²) in [6, 6.07) is 14.3. The summed E-state index contributed by atoms with van der Waals surface area (Å²) in [5, 5.41) is 3.61. The van der Waals surface area contributed by atoms with Crippen LogP contribution in [0.3, 0.4) is 0 Å². The van der Waals surface area contributed by atoms with Gasteiger partial charge >= 0.3 is 5.97 Å². The number of rotatable bonds is 7. The van der Waals surface area contributed by atoms with Gasteiger partial charge in [0.05, 0.1) is 12.0 Å². The molecule has 6 heteroatoms. The smallest absolute Gasteiger partial charge is 0.344 e. The Morgan fingerprint density at radius 2 is 1.73 bits per heavy atom. The Labute approximate surface area is 157 Å². The van der Waals surface area contributed by atoms with E-state index in [-0.39, 0.29) is 12.5 Å². The molecule has 2 aromatic rings. The van der Waals surface area contributed by atoms with Gasteiger partial charge in [0.1, 0.15) is 5.75 Å². The maximum atomic E-state index is 12.7. The number of carbonyl (C=O) groups is 2. The first-order valence-electron chi connectivity index (χ1n) is 8.49. The summed E-state index contributed by atoms with van der Waals surface area (Å²) in [6.45, 7) is 1.92. The molecule has 1 N–H and O–H groups in total. The van der Waals surface area contributed by atoms with Gasteiger partial charge in [0.2, 0.25) is 5.91 Å². The molecule has 3 rings (SSSR count). The van der Waals surface area contributed by atoms with Gasteiger partial charge in [0.15, 0.2) is 6.61 Å². The molecule has 136 valence electrons. The van der Waals surface area contributed by atoms with E-state index in [0.29, 0.717) is 23.1 Å². The molecular formula is C20H20ClNO4. The lowest BCUT2D eigenvalue weighted by Crippen LogP contribution is -2.27. The minimum Gasteiger partial charge on any atom is -0.482 e. The number of esters is 1. The highest BCUT2D eigenvalue weighted by molar-refractivity contribution is 6.30. The van der Waals surface area contributed by atoms with Crippen LogP contribution in [-0.4, -0.2) is 25.1 Å². The summed E-state index contributed by atoms with van der Waals surface area (Å²) in [5.41, 5.74) is 1.19. The minimum atomic E-state index is -0.469. The van der Waals surface area contributed by atoms with Crippen molar-refractivity contribution in [2.75, 3.05) is 18.5 Å². The minimum absolute atomic E-state index is 0.0278. The molecule has 0 atom stereocenters. The van der Waals surface area contributed by atoms with E-state index in [2.05, 4.69) is 5.32 Å². The van der Waals surface area contributed by atoms with Gasteiger partial charge in [-0.15, -0.1) is 0 Å². The molecule has 0 aromatic heterocycles. The Balaban J connectivity index is 1.59. The van der Waals surface area contributed by atoms with Crippen molar-refractivity contribution < 1.29 is 19.1 Å². The van der Waals surface area contributed by atoms with E-state index in [0.717, 1.165) is 18.4 Å². The fourth-order valence-electron chi connectivity index (χ4n) is 2.77. The number of anilines is 1. The van der Waals surface area contributed by atoms with Crippen molar-refractivity contribution in [1.29, 1.82) is 0 Å². The molecule has 26 heavy (non-hydrogen) atoms. The van der Waals surface area contributed by atoms with Gasteiger partial charge in [-0.25, -0.2) is 4.79 Å². The molecular weight excluding hydrogens is 354 g/mol. The monoisotopic (exact) mass is 373 g/mol. The predicted octanol–water partition coefficient (Wildman–Crippen LogP) is 3.95. The zero-order valence-electron chi connectivity index (χ0n) is 14.5. The molecule has 1 aliphatic carbocycles. The van der Waals surface area contributed by atoms with E-state index in [1.54, 1.807) is 43.3 Å². The van der Waals surface area contributed by atoms with Crippen LogP contribution in [-0.2, 0) is 19.7 Å². The zero-order chi connectivity index (χ0) is 18.6. The molecule has 5 nitrogen and oxygen atoms in total. The average molecular weight is 374 g/mol. The highest BCUT2D eigenvalue weighted by atomic mass is 35.5. The SMILES string of the molecule is CCOC(=O)COc1ccc(NC(=O)C2(c3ccc(Cl)cc3)CC2)cc1. The van der Waals surface area contributed by atoms with E-state index in [1.807, 2.05) is 12.1 Å². The highest BCUT2D eigenvalue weighted by Gasteiger charge is 2.51. The van der Waals surface area contributed by atoms with Gasteiger partial charge in [-0.2, -0.15) is 0 Å². The third-order valence-electron chi connectivity index (χ3n) is 4.36. The molecule has 1 saturated carbocycles. The number of hydrogen-bond donors (Lipinski definition) is 1. The van der Waals surface area contributed by atoms with Gasteiger partial charge in [-0.1, -0.05) is 23.7 Å². The second-order valence-corrected chi connectivity index (χ2v) is 6.60. The Hall–Kier alpha value is -2.53. The van der Waals surface area contributed by atoms with Crippen LogP contribution in [0.4, 0.5) is 5.69 Å². The first-order valence-corrected chi connectivity index (χ1v) is 8.87. The first kappa shape index (κ1) is 18.3. The molecule has 0 spiro atoms. The Morgan fingerprint density at radius 3 is 2.31 bits per heavy atom. The van der Waals surface area contributed by atoms with Gasteiger partial charge in [0.25, 0.3) is 0 Å². The van der Waals surface area contributed by atoms with Crippen LogP contribution in [0.1, 0.15) is 25.3 Å². The van der Waals surface area contributed by atoms with Crippen molar-refractivity contribution in [3.05, 3.63) is 59.1 Å². The van der Waals surface area contributed by atoms with Crippen molar-refractivity contribution in [3.63, 3.8) is 0 Å². The standard InChI is InChI=1S/C20H20ClNO4/c1-2-25-18(23)13-26-17-9-7-16(8-10-17)22-19(24)20(11-12-20)14-3-5-15(21)6-4-14/h3-10H,2,11-13H2,1H3,(H,22,24). The Bertz CT molecular complexity index is 782. The quantitative estimate of drug-likeness (QED) is 0.746. The third kappa shape index (κ3) is 4.17. The van der Waals surface area contributed by atoms with Crippen molar-refractivity contribution in [1.82, 2.24) is 0 Å². The second kappa shape index (κ2) is 7.79. The predicted molar refractivity (Wildman–Crippen MR) is 99.6 cm³/mol. The van der Waals surface area contributed by atoms with Crippen molar-refractivity contribution in [2.24, 2.45) is 0 Å². The number of ether oxygens (including phenoxy) is 2. The molecule has 0 bridgehead atoms. The molecule has 0 heterocycles. The third-order valence-corrected chi connectivity index (χ3v) is 4.61. The van der Waals surface area contributed by atoms with Crippen LogP contribution in [0.5, 0.6) is 5.75 Å². The molecule has 0 aliphatic heterocycles. The topological polar surface area (TPSA) is 64.6 Å². The molecule has 1 fully saturated rings. The van der Waals surface area contributed by atoms with E-state index >= 15 is 0 Å². The number of carbonyl (C=O) groups excluding carboxylic acids is 2. The van der Waals surface area contributed by atoms with Crippen molar-refractivity contribution in [2.45, 2.75) is 25.2 Å². The van der Waals surface area contributed by atoms with Crippen molar-refractivity contribution in [3.8, 4) is 5.75 Å². The fourth-order valence-corrected chi connectivity index (χ4v) is 2.90.